The molecule has 1 unspecified atom stereocenters. The topological polar surface area (TPSA) is 221 Å². The van der Waals surface area contributed by atoms with E-state index in [1.807, 2.05) is 0 Å². The fraction of sp³-hybridized carbons (Fsp3) is 0.591. The Kier molecular flexibility index (Phi) is 7.24. The van der Waals surface area contributed by atoms with Crippen molar-refractivity contribution in [3.8, 4) is 0 Å². The lowest BCUT2D eigenvalue weighted by molar-refractivity contribution is 0.0428. The van der Waals surface area contributed by atoms with Crippen molar-refractivity contribution in [1.29, 1.82) is 0 Å². The first-order chi connectivity index (χ1) is 18.1. The summed E-state index contributed by atoms with van der Waals surface area (Å²) < 4.78 is 26.7. The molecule has 7 atom stereocenters. The number of aryl methyl sites for hydroxylation is 1. The lowest BCUT2D eigenvalue weighted by Crippen LogP contribution is -2.32. The van der Waals surface area contributed by atoms with Crippen molar-refractivity contribution in [2.45, 2.75) is 56.9 Å². The fourth-order valence-electron chi connectivity index (χ4n) is 5.47. The van der Waals surface area contributed by atoms with Crippen LogP contribution < -0.4 is 17.0 Å². The van der Waals surface area contributed by atoms with Crippen molar-refractivity contribution < 1.29 is 28.7 Å². The third-order valence-corrected chi connectivity index (χ3v) is 8.52. The second kappa shape index (κ2) is 10.3. The molecule has 206 valence electrons. The van der Waals surface area contributed by atoms with E-state index in [0.29, 0.717) is 36.0 Å². The van der Waals surface area contributed by atoms with Crippen molar-refractivity contribution in [2.75, 3.05) is 18.9 Å². The van der Waals surface area contributed by atoms with Gasteiger partial charge in [-0.3, -0.25) is 23.4 Å². The van der Waals surface area contributed by atoms with Crippen molar-refractivity contribution in [2.24, 2.45) is 11.8 Å². The zero-order chi connectivity index (χ0) is 27.2. The predicted molar refractivity (Wildman–Crippen MR) is 133 cm³/mol. The summed E-state index contributed by atoms with van der Waals surface area (Å²) in [7, 11) is -4.55. The molecule has 3 heterocycles. The van der Waals surface area contributed by atoms with Crippen LogP contribution >= 0.6 is 7.82 Å². The molecule has 16 heteroatoms. The highest BCUT2D eigenvalue weighted by Crippen LogP contribution is 2.51. The highest BCUT2D eigenvalue weighted by molar-refractivity contribution is 7.47. The second-order valence-corrected chi connectivity index (χ2v) is 11.4. The maximum Gasteiger partial charge on any atom is 0.472 e. The Labute approximate surface area is 215 Å². The SMILES string of the molecule is Cc1cn([C@@H]2C[C@H](COP(=O)(O)O[C@H]3C[C@H](n4cnc5c(N)ncnc54)C[C@@H]3CO)[C@@H](O)C2)c(=O)[nH]c1=O. The summed E-state index contributed by atoms with van der Waals surface area (Å²) in [4.78, 5) is 49.0. The highest BCUT2D eigenvalue weighted by atomic mass is 31.2. The molecule has 0 spiro atoms. The van der Waals surface area contributed by atoms with Crippen LogP contribution in [0.1, 0.15) is 43.3 Å². The van der Waals surface area contributed by atoms with Gasteiger partial charge in [0.2, 0.25) is 0 Å². The zero-order valence-electron chi connectivity index (χ0n) is 20.6. The van der Waals surface area contributed by atoms with E-state index < -0.39 is 49.2 Å². The molecule has 3 aromatic heterocycles. The normalized spacial score (nSPS) is 29.2. The molecular formula is C22H30N7O8P. The molecule has 2 saturated carbocycles. The van der Waals surface area contributed by atoms with Crippen molar-refractivity contribution in [3.63, 3.8) is 0 Å². The van der Waals surface area contributed by atoms with E-state index >= 15 is 0 Å². The molecule has 0 aromatic carbocycles. The Morgan fingerprint density at radius 3 is 2.63 bits per heavy atom. The molecular weight excluding hydrogens is 521 g/mol. The Bertz CT molecular complexity index is 1490. The number of nitrogens with one attached hydrogen (secondary N) is 1. The number of aromatic amines is 1. The number of nitrogens with zero attached hydrogens (tertiary/aromatic N) is 5. The van der Waals surface area contributed by atoms with Crippen LogP contribution in [0.2, 0.25) is 0 Å². The van der Waals surface area contributed by atoms with E-state index in [4.69, 9.17) is 14.8 Å². The minimum atomic E-state index is -4.55. The van der Waals surface area contributed by atoms with Crippen LogP contribution in [-0.2, 0) is 13.6 Å². The summed E-state index contributed by atoms with van der Waals surface area (Å²) >= 11 is 0. The van der Waals surface area contributed by atoms with Crippen LogP contribution in [0.15, 0.2) is 28.4 Å². The molecule has 6 N–H and O–H groups in total. The van der Waals surface area contributed by atoms with Crippen LogP contribution in [-0.4, -0.2) is 69.6 Å². The molecule has 2 fully saturated rings. The van der Waals surface area contributed by atoms with Gasteiger partial charge in [0, 0.05) is 42.3 Å². The Hall–Kier alpha value is -2.94. The van der Waals surface area contributed by atoms with Crippen LogP contribution in [0.4, 0.5) is 5.82 Å². The van der Waals surface area contributed by atoms with Gasteiger partial charge in [0.1, 0.15) is 11.8 Å². The molecule has 0 amide bonds. The van der Waals surface area contributed by atoms with Gasteiger partial charge in [-0.05, 0) is 32.6 Å². The Morgan fingerprint density at radius 2 is 1.87 bits per heavy atom. The minimum absolute atomic E-state index is 0.215. The lowest BCUT2D eigenvalue weighted by Gasteiger charge is -2.22. The van der Waals surface area contributed by atoms with Crippen LogP contribution in [0.25, 0.3) is 11.2 Å². The van der Waals surface area contributed by atoms with Gasteiger partial charge in [0.15, 0.2) is 11.5 Å². The number of aliphatic hydroxyl groups excluding tert-OH is 2. The van der Waals surface area contributed by atoms with E-state index in [-0.39, 0.29) is 31.5 Å². The minimum Gasteiger partial charge on any atom is -0.396 e. The summed E-state index contributed by atoms with van der Waals surface area (Å²) in [6.45, 7) is 1.04. The smallest absolute Gasteiger partial charge is 0.396 e. The highest BCUT2D eigenvalue weighted by Gasteiger charge is 2.42. The van der Waals surface area contributed by atoms with Gasteiger partial charge in [-0.15, -0.1) is 0 Å². The van der Waals surface area contributed by atoms with Crippen LogP contribution in [0.5, 0.6) is 0 Å². The number of H-pyrrole nitrogens is 1. The summed E-state index contributed by atoms with van der Waals surface area (Å²) in [5.74, 6) is -0.725. The lowest BCUT2D eigenvalue weighted by atomic mass is 10.1. The van der Waals surface area contributed by atoms with E-state index in [1.54, 1.807) is 17.8 Å². The monoisotopic (exact) mass is 551 g/mol. The molecule has 0 bridgehead atoms. The van der Waals surface area contributed by atoms with E-state index in [1.165, 1.54) is 17.1 Å². The molecule has 5 rings (SSSR count). The number of nitrogen functional groups attached to an aromatic ring is 1. The molecule has 0 radical (unpaired) electrons. The van der Waals surface area contributed by atoms with Crippen molar-refractivity contribution in [1.82, 2.24) is 29.1 Å². The number of rotatable bonds is 8. The average molecular weight is 551 g/mol. The van der Waals surface area contributed by atoms with E-state index in [0.717, 1.165) is 0 Å². The number of aliphatic hydroxyl groups is 2. The standard InChI is InChI=1S/C22H30N7O8P/c1-11-6-28(22(33)27-21(11)32)14-3-13(16(31)4-14)8-36-38(34,35)37-17-5-15(2-12(17)7-30)29-10-26-18-19(23)24-9-25-20(18)29/h6,9-10,12-17,30-31H,2-5,7-8H2,1H3,(H,34,35)(H2,23,24,25)(H,27,32,33)/t12-,13-,14-,15-,16+,17+/m1/s1. The first kappa shape index (κ1) is 26.7. The number of phosphoric ester groups is 1. The molecule has 2 aliphatic carbocycles. The number of fused-ring (bicyclic) bond motifs is 1. The average Bonchev–Trinajstić information content (AvgIpc) is 3.57. The van der Waals surface area contributed by atoms with Gasteiger partial charge in [0.25, 0.3) is 5.56 Å². The number of hydrogen-bond donors (Lipinski definition) is 5. The number of hydrogen-bond acceptors (Lipinski definition) is 11. The summed E-state index contributed by atoms with van der Waals surface area (Å²) in [6, 6.07) is -0.620. The molecule has 2 aliphatic rings. The summed E-state index contributed by atoms with van der Waals surface area (Å²) in [5, 5.41) is 20.4. The van der Waals surface area contributed by atoms with Crippen molar-refractivity contribution in [3.05, 3.63) is 45.3 Å². The maximum atomic E-state index is 12.8. The Balaban J connectivity index is 1.22. The summed E-state index contributed by atoms with van der Waals surface area (Å²) in [5.41, 5.74) is 6.13. The van der Waals surface area contributed by atoms with Crippen LogP contribution in [0, 0.1) is 18.8 Å². The van der Waals surface area contributed by atoms with Gasteiger partial charge < -0.3 is 25.4 Å². The maximum absolute atomic E-state index is 12.8. The fourth-order valence-corrected chi connectivity index (χ4v) is 6.51. The van der Waals surface area contributed by atoms with Gasteiger partial charge in [-0.1, -0.05) is 0 Å². The first-order valence-electron chi connectivity index (χ1n) is 12.3. The number of aromatic nitrogens is 6. The molecule has 0 saturated heterocycles. The van der Waals surface area contributed by atoms with Crippen LogP contribution in [0.3, 0.4) is 0 Å². The van der Waals surface area contributed by atoms with E-state index in [2.05, 4.69) is 19.9 Å². The predicted octanol–water partition coefficient (Wildman–Crippen LogP) is 0.0247. The Morgan fingerprint density at radius 1 is 1.13 bits per heavy atom. The number of imidazole rings is 1. The molecule has 15 nitrogen and oxygen atoms in total. The van der Waals surface area contributed by atoms with Gasteiger partial charge in [-0.2, -0.15) is 0 Å². The number of nitrogens with two attached hydrogens (primary N) is 1. The zero-order valence-corrected chi connectivity index (χ0v) is 21.5. The molecule has 0 aliphatic heterocycles. The second-order valence-electron chi connectivity index (χ2n) is 9.99. The van der Waals surface area contributed by atoms with Crippen molar-refractivity contribution >= 4 is 24.8 Å². The van der Waals surface area contributed by atoms with E-state index in [9.17, 15) is 29.3 Å². The van der Waals surface area contributed by atoms with Gasteiger partial charge in [-0.25, -0.2) is 24.3 Å². The quantitative estimate of drug-likeness (QED) is 0.234. The molecule has 38 heavy (non-hydrogen) atoms. The third kappa shape index (κ3) is 5.17. The largest absolute Gasteiger partial charge is 0.472 e. The van der Waals surface area contributed by atoms with Gasteiger partial charge >= 0.3 is 13.5 Å². The third-order valence-electron chi connectivity index (χ3n) is 7.51. The van der Waals surface area contributed by atoms with Gasteiger partial charge in [0.05, 0.1) is 25.1 Å². The number of anilines is 1. The number of phosphoric acid groups is 1. The molecule has 3 aromatic rings. The summed E-state index contributed by atoms with van der Waals surface area (Å²) in [6.07, 6.45) is 3.95. The first-order valence-corrected chi connectivity index (χ1v) is 13.8.